The first-order chi connectivity index (χ1) is 11.0. The summed E-state index contributed by atoms with van der Waals surface area (Å²) in [7, 11) is 0. The number of anilines is 1. The van der Waals surface area contributed by atoms with Crippen LogP contribution in [0.1, 0.15) is 10.4 Å². The normalized spacial score (nSPS) is 14.9. The second kappa shape index (κ2) is 5.85. The van der Waals surface area contributed by atoms with Gasteiger partial charge in [-0.3, -0.25) is 4.79 Å². The van der Waals surface area contributed by atoms with Crippen molar-refractivity contribution in [2.24, 2.45) is 0 Å². The number of halogens is 1. The summed E-state index contributed by atoms with van der Waals surface area (Å²) in [5.41, 5.74) is -0.356. The zero-order valence-electron chi connectivity index (χ0n) is 12.3. The van der Waals surface area contributed by atoms with Crippen LogP contribution >= 0.6 is 0 Å². The van der Waals surface area contributed by atoms with E-state index in [9.17, 15) is 14.0 Å². The topological polar surface area (TPSA) is 71.8 Å². The van der Waals surface area contributed by atoms with Crippen LogP contribution in [0.15, 0.2) is 29.7 Å². The van der Waals surface area contributed by atoms with Crippen molar-refractivity contribution in [2.45, 2.75) is 0 Å². The van der Waals surface area contributed by atoms with Gasteiger partial charge in [0, 0.05) is 30.9 Å². The minimum absolute atomic E-state index is 0.0132. The molecular formula is C16H15FN2O4. The van der Waals surface area contributed by atoms with Crippen LogP contribution in [0.25, 0.3) is 17.1 Å². The zero-order valence-corrected chi connectivity index (χ0v) is 12.3. The second-order valence-electron chi connectivity index (χ2n) is 5.19. The van der Waals surface area contributed by atoms with Crippen LogP contribution in [-0.2, 0) is 4.74 Å². The van der Waals surface area contributed by atoms with E-state index in [0.29, 0.717) is 37.5 Å². The lowest BCUT2D eigenvalue weighted by atomic mass is 10.1. The number of carboxylic acids is 1. The van der Waals surface area contributed by atoms with Crippen molar-refractivity contribution >= 4 is 28.8 Å². The number of fused-ring (bicyclic) bond motifs is 1. The van der Waals surface area contributed by atoms with Gasteiger partial charge < -0.3 is 19.3 Å². The lowest BCUT2D eigenvalue weighted by molar-refractivity contribution is 0.0695. The molecule has 2 aromatic rings. The molecule has 23 heavy (non-hydrogen) atoms. The Kier molecular flexibility index (Phi) is 3.87. The Bertz CT molecular complexity index is 853. The standard InChI is InChI=1S/C16H15FN2O4/c1-2-18-9-11(16(21)22)15(20)10-7-12(17)14(8-13(10)18)19-3-5-23-6-4-19/h2,7-9H,1,3-6H2,(H,21,22). The third-order valence-electron chi connectivity index (χ3n) is 3.88. The zero-order chi connectivity index (χ0) is 16.6. The predicted octanol–water partition coefficient (Wildman–Crippen LogP) is 1.78. The number of aromatic nitrogens is 1. The van der Waals surface area contributed by atoms with Gasteiger partial charge in [0.25, 0.3) is 0 Å². The summed E-state index contributed by atoms with van der Waals surface area (Å²) in [6, 6.07) is 2.64. The first-order valence-corrected chi connectivity index (χ1v) is 7.10. The minimum atomic E-state index is -1.36. The molecule has 0 atom stereocenters. The quantitative estimate of drug-likeness (QED) is 0.934. The van der Waals surface area contributed by atoms with Crippen molar-refractivity contribution < 1.29 is 19.0 Å². The highest BCUT2D eigenvalue weighted by Crippen LogP contribution is 2.26. The van der Waals surface area contributed by atoms with Gasteiger partial charge >= 0.3 is 5.97 Å². The van der Waals surface area contributed by atoms with Crippen LogP contribution in [0, 0.1) is 5.82 Å². The monoisotopic (exact) mass is 318 g/mol. The van der Waals surface area contributed by atoms with Gasteiger partial charge in [-0.25, -0.2) is 9.18 Å². The Morgan fingerprint density at radius 1 is 1.35 bits per heavy atom. The number of rotatable bonds is 3. The molecule has 0 amide bonds. The van der Waals surface area contributed by atoms with Gasteiger partial charge in [0.05, 0.1) is 24.4 Å². The maximum absolute atomic E-state index is 14.4. The van der Waals surface area contributed by atoms with E-state index in [0.717, 1.165) is 6.07 Å². The van der Waals surface area contributed by atoms with E-state index in [4.69, 9.17) is 9.84 Å². The van der Waals surface area contributed by atoms with Crippen molar-refractivity contribution in [1.29, 1.82) is 0 Å². The molecular weight excluding hydrogens is 303 g/mol. The molecule has 1 aliphatic rings. The van der Waals surface area contributed by atoms with E-state index in [1.54, 1.807) is 6.07 Å². The van der Waals surface area contributed by atoms with Gasteiger partial charge in [0.1, 0.15) is 11.4 Å². The van der Waals surface area contributed by atoms with Gasteiger partial charge in [0.2, 0.25) is 5.43 Å². The summed E-state index contributed by atoms with van der Waals surface area (Å²) < 4.78 is 21.1. The average Bonchev–Trinajstić information content (AvgIpc) is 2.55. The van der Waals surface area contributed by atoms with Crippen molar-refractivity contribution in [3.63, 3.8) is 0 Å². The number of hydrogen-bond donors (Lipinski definition) is 1. The van der Waals surface area contributed by atoms with Crippen molar-refractivity contribution in [1.82, 2.24) is 4.57 Å². The van der Waals surface area contributed by atoms with E-state index in [1.807, 2.05) is 4.90 Å². The molecule has 1 saturated heterocycles. The number of pyridine rings is 1. The number of hydrogen-bond acceptors (Lipinski definition) is 4. The third kappa shape index (κ3) is 2.59. The molecule has 3 rings (SSSR count). The Morgan fingerprint density at radius 3 is 2.65 bits per heavy atom. The molecule has 0 aliphatic carbocycles. The van der Waals surface area contributed by atoms with Crippen LogP contribution in [0.3, 0.4) is 0 Å². The van der Waals surface area contributed by atoms with Crippen molar-refractivity contribution in [2.75, 3.05) is 31.2 Å². The van der Waals surface area contributed by atoms with Gasteiger partial charge in [-0.05, 0) is 12.1 Å². The van der Waals surface area contributed by atoms with Crippen LogP contribution < -0.4 is 10.3 Å². The molecule has 0 radical (unpaired) electrons. The maximum Gasteiger partial charge on any atom is 0.341 e. The number of morpholine rings is 1. The van der Waals surface area contributed by atoms with Gasteiger partial charge in [-0.1, -0.05) is 6.58 Å². The highest BCUT2D eigenvalue weighted by Gasteiger charge is 2.20. The van der Waals surface area contributed by atoms with Crippen molar-refractivity contribution in [3.05, 3.63) is 46.5 Å². The van der Waals surface area contributed by atoms with Gasteiger partial charge in [0.15, 0.2) is 0 Å². The molecule has 1 aromatic heterocycles. The van der Waals surface area contributed by atoms with Gasteiger partial charge in [-0.15, -0.1) is 0 Å². The molecule has 0 spiro atoms. The molecule has 0 saturated carbocycles. The summed E-state index contributed by atoms with van der Waals surface area (Å²) >= 11 is 0. The number of nitrogens with zero attached hydrogens (tertiary/aromatic N) is 2. The lowest BCUT2D eigenvalue weighted by Crippen LogP contribution is -2.36. The van der Waals surface area contributed by atoms with Crippen LogP contribution in [0.5, 0.6) is 0 Å². The first-order valence-electron chi connectivity index (χ1n) is 7.10. The maximum atomic E-state index is 14.4. The van der Waals surface area contributed by atoms with Crippen LogP contribution in [0.4, 0.5) is 10.1 Å². The molecule has 0 unspecified atom stereocenters. The molecule has 1 aliphatic heterocycles. The smallest absolute Gasteiger partial charge is 0.341 e. The minimum Gasteiger partial charge on any atom is -0.477 e. The average molecular weight is 318 g/mol. The SMILES string of the molecule is C=Cn1cc(C(=O)O)c(=O)c2cc(F)c(N3CCOCC3)cc21. The molecule has 2 heterocycles. The largest absolute Gasteiger partial charge is 0.477 e. The van der Waals surface area contributed by atoms with Crippen LogP contribution in [-0.4, -0.2) is 41.9 Å². The Labute approximate surface area is 131 Å². The molecule has 120 valence electrons. The highest BCUT2D eigenvalue weighted by molar-refractivity contribution is 5.94. The van der Waals surface area contributed by atoms with E-state index in [-0.39, 0.29) is 5.39 Å². The fraction of sp³-hybridized carbons (Fsp3) is 0.250. The Balaban J connectivity index is 2.26. The predicted molar refractivity (Wildman–Crippen MR) is 84.5 cm³/mol. The van der Waals surface area contributed by atoms with Gasteiger partial charge in [-0.2, -0.15) is 0 Å². The first kappa shape index (κ1) is 15.2. The number of carbonyl (C=O) groups is 1. The second-order valence-corrected chi connectivity index (χ2v) is 5.19. The van der Waals surface area contributed by atoms with E-state index in [2.05, 4.69) is 6.58 Å². The molecule has 1 N–H and O–H groups in total. The number of benzene rings is 1. The third-order valence-corrected chi connectivity index (χ3v) is 3.88. The summed E-state index contributed by atoms with van der Waals surface area (Å²) in [5.74, 6) is -1.92. The van der Waals surface area contributed by atoms with E-state index in [1.165, 1.54) is 17.0 Å². The van der Waals surface area contributed by atoms with E-state index >= 15 is 0 Å². The summed E-state index contributed by atoms with van der Waals surface area (Å²) in [6.45, 7) is 5.72. The fourth-order valence-corrected chi connectivity index (χ4v) is 2.71. The fourth-order valence-electron chi connectivity index (χ4n) is 2.71. The highest BCUT2D eigenvalue weighted by atomic mass is 19.1. The Hall–Kier alpha value is -2.67. The Morgan fingerprint density at radius 2 is 2.04 bits per heavy atom. The molecule has 0 bridgehead atoms. The van der Waals surface area contributed by atoms with Crippen molar-refractivity contribution in [3.8, 4) is 0 Å². The molecule has 1 fully saturated rings. The van der Waals surface area contributed by atoms with Crippen LogP contribution in [0.2, 0.25) is 0 Å². The number of aromatic carboxylic acids is 1. The summed E-state index contributed by atoms with van der Waals surface area (Å²) in [4.78, 5) is 25.3. The number of ether oxygens (including phenoxy) is 1. The molecule has 6 nitrogen and oxygen atoms in total. The molecule has 7 heteroatoms. The summed E-state index contributed by atoms with van der Waals surface area (Å²) in [6.07, 6.45) is 2.58. The van der Waals surface area contributed by atoms with E-state index < -0.39 is 22.8 Å². The number of carboxylic acid groups (broad SMARTS) is 1. The molecule has 1 aromatic carbocycles. The summed E-state index contributed by atoms with van der Waals surface area (Å²) in [5, 5.41) is 9.12. The lowest BCUT2D eigenvalue weighted by Gasteiger charge is -2.29.